The summed E-state index contributed by atoms with van der Waals surface area (Å²) < 4.78 is 5.48. The number of fused-ring (bicyclic) bond motifs is 1. The van der Waals surface area contributed by atoms with E-state index in [2.05, 4.69) is 32.0 Å². The van der Waals surface area contributed by atoms with Crippen molar-refractivity contribution in [3.05, 3.63) is 58.5 Å². The van der Waals surface area contributed by atoms with Crippen molar-refractivity contribution in [2.24, 2.45) is 0 Å². The molecule has 0 bridgehead atoms. The largest absolute Gasteiger partial charge is 0.469 e. The van der Waals surface area contributed by atoms with Crippen LogP contribution in [0.15, 0.2) is 34.9 Å². The first-order valence-corrected chi connectivity index (χ1v) is 6.48. The summed E-state index contributed by atoms with van der Waals surface area (Å²) in [5, 5.41) is 11.1. The smallest absolute Gasteiger partial charge is 0.118 e. The van der Waals surface area contributed by atoms with Gasteiger partial charge in [0.05, 0.1) is 6.26 Å². The van der Waals surface area contributed by atoms with Crippen molar-refractivity contribution in [2.45, 2.75) is 38.7 Å². The Morgan fingerprint density at radius 1 is 1.17 bits per heavy atom. The van der Waals surface area contributed by atoms with E-state index >= 15 is 0 Å². The van der Waals surface area contributed by atoms with Gasteiger partial charge in [-0.1, -0.05) is 23.8 Å². The average molecular weight is 242 g/mol. The lowest BCUT2D eigenvalue weighted by Gasteiger charge is -2.33. The molecule has 0 spiro atoms. The third-order valence-corrected chi connectivity index (χ3v) is 3.97. The molecule has 3 rings (SSSR count). The minimum Gasteiger partial charge on any atom is -0.469 e. The van der Waals surface area contributed by atoms with Gasteiger partial charge in [0, 0.05) is 12.0 Å². The van der Waals surface area contributed by atoms with E-state index in [0.29, 0.717) is 0 Å². The second-order valence-corrected chi connectivity index (χ2v) is 5.29. The van der Waals surface area contributed by atoms with E-state index in [1.165, 1.54) is 5.56 Å². The summed E-state index contributed by atoms with van der Waals surface area (Å²) in [4.78, 5) is 0. The number of hydrogen-bond acceptors (Lipinski definition) is 2. The normalized spacial score (nSPS) is 22.8. The first-order chi connectivity index (χ1) is 8.61. The van der Waals surface area contributed by atoms with E-state index < -0.39 is 5.60 Å². The second kappa shape index (κ2) is 3.99. The number of aryl methyl sites for hydroxylation is 3. The first-order valence-electron chi connectivity index (χ1n) is 6.48. The van der Waals surface area contributed by atoms with Crippen LogP contribution in [0.2, 0.25) is 0 Å². The highest BCUT2D eigenvalue weighted by Crippen LogP contribution is 2.42. The summed E-state index contributed by atoms with van der Waals surface area (Å²) in [7, 11) is 0. The van der Waals surface area contributed by atoms with Crippen molar-refractivity contribution in [3.8, 4) is 0 Å². The zero-order valence-electron chi connectivity index (χ0n) is 10.9. The van der Waals surface area contributed by atoms with Crippen LogP contribution in [0.1, 0.15) is 40.9 Å². The van der Waals surface area contributed by atoms with Gasteiger partial charge in [0.15, 0.2) is 0 Å². The van der Waals surface area contributed by atoms with Gasteiger partial charge in [-0.2, -0.15) is 0 Å². The van der Waals surface area contributed by atoms with Crippen LogP contribution in [-0.2, 0) is 12.0 Å². The Hall–Kier alpha value is -1.54. The third kappa shape index (κ3) is 1.60. The quantitative estimate of drug-likeness (QED) is 0.830. The van der Waals surface area contributed by atoms with Crippen LogP contribution < -0.4 is 0 Å². The van der Waals surface area contributed by atoms with Gasteiger partial charge in [0.25, 0.3) is 0 Å². The van der Waals surface area contributed by atoms with E-state index in [1.54, 1.807) is 6.26 Å². The summed E-state index contributed by atoms with van der Waals surface area (Å²) in [5.74, 6) is 0.935. The average Bonchev–Trinajstić information content (AvgIpc) is 2.82. The van der Waals surface area contributed by atoms with Crippen LogP contribution in [0, 0.1) is 13.8 Å². The second-order valence-electron chi connectivity index (χ2n) is 5.29. The fourth-order valence-corrected chi connectivity index (χ4v) is 3.00. The van der Waals surface area contributed by atoms with Crippen LogP contribution in [0.3, 0.4) is 0 Å². The lowest BCUT2D eigenvalue weighted by atomic mass is 9.76. The van der Waals surface area contributed by atoms with Crippen molar-refractivity contribution in [1.29, 1.82) is 0 Å². The molecule has 1 aliphatic carbocycles. The molecule has 2 heteroatoms. The molecule has 0 saturated heterocycles. The standard InChI is InChI=1S/C16H18O2/c1-11-5-6-12(2)14(10-11)16(17)8-3-4-15-13(16)7-9-18-15/h5-7,9-10,17H,3-4,8H2,1-2H3. The summed E-state index contributed by atoms with van der Waals surface area (Å²) in [6.07, 6.45) is 4.34. The number of rotatable bonds is 1. The van der Waals surface area contributed by atoms with Gasteiger partial charge >= 0.3 is 0 Å². The van der Waals surface area contributed by atoms with Gasteiger partial charge in [-0.15, -0.1) is 0 Å². The Balaban J connectivity index is 2.20. The first kappa shape index (κ1) is 11.5. The van der Waals surface area contributed by atoms with Gasteiger partial charge in [-0.3, -0.25) is 0 Å². The van der Waals surface area contributed by atoms with E-state index in [9.17, 15) is 5.11 Å². The van der Waals surface area contributed by atoms with Crippen molar-refractivity contribution >= 4 is 0 Å². The number of furan rings is 1. The zero-order valence-corrected chi connectivity index (χ0v) is 10.9. The zero-order chi connectivity index (χ0) is 12.8. The topological polar surface area (TPSA) is 33.4 Å². The molecule has 1 unspecified atom stereocenters. The predicted molar refractivity (Wildman–Crippen MR) is 70.6 cm³/mol. The number of aliphatic hydroxyl groups is 1. The fourth-order valence-electron chi connectivity index (χ4n) is 3.00. The van der Waals surface area contributed by atoms with Crippen molar-refractivity contribution in [2.75, 3.05) is 0 Å². The lowest BCUT2D eigenvalue weighted by Crippen LogP contribution is -2.31. The maximum atomic E-state index is 11.1. The molecule has 1 aromatic carbocycles. The maximum absolute atomic E-state index is 11.1. The molecule has 1 N–H and O–H groups in total. The van der Waals surface area contributed by atoms with Gasteiger partial charge < -0.3 is 9.52 Å². The van der Waals surface area contributed by atoms with E-state index in [1.807, 2.05) is 6.07 Å². The molecule has 94 valence electrons. The molecule has 1 atom stereocenters. The highest BCUT2D eigenvalue weighted by atomic mass is 16.3. The van der Waals surface area contributed by atoms with Gasteiger partial charge in [-0.05, 0) is 43.9 Å². The van der Waals surface area contributed by atoms with Crippen LogP contribution in [0.4, 0.5) is 0 Å². The molecule has 2 nitrogen and oxygen atoms in total. The molecule has 0 aliphatic heterocycles. The Bertz CT molecular complexity index is 583. The Morgan fingerprint density at radius 2 is 2.00 bits per heavy atom. The molecule has 1 heterocycles. The van der Waals surface area contributed by atoms with Crippen LogP contribution >= 0.6 is 0 Å². The van der Waals surface area contributed by atoms with Crippen molar-refractivity contribution in [1.82, 2.24) is 0 Å². The molecule has 0 fully saturated rings. The molecule has 1 aliphatic rings. The monoisotopic (exact) mass is 242 g/mol. The summed E-state index contributed by atoms with van der Waals surface area (Å²) in [6.45, 7) is 4.12. The molecule has 0 saturated carbocycles. The van der Waals surface area contributed by atoms with Crippen LogP contribution in [0.25, 0.3) is 0 Å². The fraction of sp³-hybridized carbons (Fsp3) is 0.375. The van der Waals surface area contributed by atoms with Crippen molar-refractivity contribution in [3.63, 3.8) is 0 Å². The third-order valence-electron chi connectivity index (χ3n) is 3.97. The number of benzene rings is 1. The van der Waals surface area contributed by atoms with Crippen LogP contribution in [-0.4, -0.2) is 5.11 Å². The maximum Gasteiger partial charge on any atom is 0.118 e. The molecular weight excluding hydrogens is 224 g/mol. The van der Waals surface area contributed by atoms with Gasteiger partial charge in [0.2, 0.25) is 0 Å². The molecule has 2 aromatic rings. The Labute approximate surface area is 107 Å². The summed E-state index contributed by atoms with van der Waals surface area (Å²) >= 11 is 0. The molecule has 0 radical (unpaired) electrons. The minimum atomic E-state index is -0.878. The minimum absolute atomic E-state index is 0.768. The predicted octanol–water partition coefficient (Wildman–Crippen LogP) is 3.47. The van der Waals surface area contributed by atoms with E-state index in [4.69, 9.17) is 4.42 Å². The molecule has 1 aromatic heterocycles. The van der Waals surface area contributed by atoms with Crippen LogP contribution in [0.5, 0.6) is 0 Å². The summed E-state index contributed by atoms with van der Waals surface area (Å²) in [6, 6.07) is 8.17. The highest BCUT2D eigenvalue weighted by molar-refractivity contribution is 5.44. The van der Waals surface area contributed by atoms with Gasteiger partial charge in [0.1, 0.15) is 11.4 Å². The SMILES string of the molecule is Cc1ccc(C)c(C2(O)CCCc3occc32)c1. The molecule has 18 heavy (non-hydrogen) atoms. The van der Waals surface area contributed by atoms with Gasteiger partial charge in [-0.25, -0.2) is 0 Å². The molecule has 0 amide bonds. The Morgan fingerprint density at radius 3 is 2.83 bits per heavy atom. The van der Waals surface area contributed by atoms with E-state index in [-0.39, 0.29) is 0 Å². The lowest BCUT2D eigenvalue weighted by molar-refractivity contribution is 0.0583. The van der Waals surface area contributed by atoms with E-state index in [0.717, 1.165) is 41.7 Å². The summed E-state index contributed by atoms with van der Waals surface area (Å²) in [5.41, 5.74) is 3.40. The highest BCUT2D eigenvalue weighted by Gasteiger charge is 2.38. The van der Waals surface area contributed by atoms with Crippen molar-refractivity contribution < 1.29 is 9.52 Å². The Kier molecular flexibility index (Phi) is 2.56. The number of hydrogen-bond donors (Lipinski definition) is 1. The molecular formula is C16H18O2.